The number of rotatable bonds is 0. The number of hydrogen-bond acceptors (Lipinski definition) is 9. The Kier molecular flexibility index (Phi) is 28.7. The second kappa shape index (κ2) is 16.6. The third-order valence-corrected chi connectivity index (χ3v) is 0. The van der Waals surface area contributed by atoms with Crippen molar-refractivity contribution in [2.75, 3.05) is 0 Å². The fourth-order valence-electron chi connectivity index (χ4n) is 0. The van der Waals surface area contributed by atoms with E-state index in [0.29, 0.717) is 0 Å². The molecule has 0 N–H and O–H groups in total. The number of nitrogens with zero attached hydrogens (tertiary/aromatic N) is 3. The van der Waals surface area contributed by atoms with Crippen LogP contribution >= 0.6 is 0 Å². The van der Waals surface area contributed by atoms with Crippen molar-refractivity contribution in [2.45, 2.75) is 0 Å². The second-order valence-corrected chi connectivity index (χ2v) is 0.671. The molecule has 2 radical (unpaired) electrons. The summed E-state index contributed by atoms with van der Waals surface area (Å²) in [6, 6.07) is 0. The van der Waals surface area contributed by atoms with Crippen molar-refractivity contribution >= 4 is 18.0 Å². The fraction of sp³-hybridized carbons (Fsp3) is 0. The molecule has 12 nitrogen and oxygen atoms in total. The van der Waals surface area contributed by atoms with Crippen LogP contribution in [0.4, 0.5) is 0 Å². The fourth-order valence-corrected chi connectivity index (χ4v) is 0. The van der Waals surface area contributed by atoms with E-state index in [9.17, 15) is 0 Å². The molecule has 0 aliphatic heterocycles. The third kappa shape index (κ3) is 199. The summed E-state index contributed by atoms with van der Waals surface area (Å²) in [4.78, 5) is 24.8. The maximum absolute atomic E-state index is 8.25. The maximum atomic E-state index is 8.25. The van der Waals surface area contributed by atoms with Crippen molar-refractivity contribution in [1.82, 2.24) is 0 Å². The molecule has 0 aromatic carbocycles. The van der Waals surface area contributed by atoms with E-state index in [4.69, 9.17) is 46.0 Å². The van der Waals surface area contributed by atoms with E-state index in [-0.39, 0.29) is 18.0 Å². The summed E-state index contributed by atoms with van der Waals surface area (Å²) in [5.41, 5.74) is 0. The van der Waals surface area contributed by atoms with Crippen LogP contribution in [0.3, 0.4) is 0 Å². The van der Waals surface area contributed by atoms with Crippen LogP contribution in [-0.2, 0) is 0 Å². The average Bonchev–Trinajstić information content (AvgIpc) is 1.54. The predicted molar refractivity (Wildman–Crippen MR) is 36.8 cm³/mol. The summed E-state index contributed by atoms with van der Waals surface area (Å²) in [6.45, 7) is 0. The van der Waals surface area contributed by atoms with E-state index in [1.807, 2.05) is 0 Å². The van der Waals surface area contributed by atoms with Gasteiger partial charge in [0.2, 0.25) is 0 Å². The van der Waals surface area contributed by atoms with E-state index in [1.54, 1.807) is 0 Å². The topological polar surface area (TPSA) is 199 Å². The van der Waals surface area contributed by atoms with Crippen LogP contribution in [0.2, 0.25) is 0 Å². The van der Waals surface area contributed by atoms with E-state index in [0.717, 1.165) is 0 Å². The van der Waals surface area contributed by atoms with Gasteiger partial charge in [0.1, 0.15) is 0 Å². The third-order valence-electron chi connectivity index (χ3n) is 0. The Morgan fingerprint density at radius 3 is 0.538 bits per heavy atom. The van der Waals surface area contributed by atoms with Gasteiger partial charge in [-0.1, -0.05) is 0 Å². The summed E-state index contributed by atoms with van der Waals surface area (Å²) in [5, 5.41) is 44.2. The first-order chi connectivity index (χ1) is 5.20. The van der Waals surface area contributed by atoms with Gasteiger partial charge in [-0.05, 0) is 0 Å². The summed E-state index contributed by atoms with van der Waals surface area (Å²) in [5.74, 6) is 0. The summed E-state index contributed by atoms with van der Waals surface area (Å²) in [6.07, 6.45) is 0. The van der Waals surface area contributed by atoms with Crippen LogP contribution in [0.15, 0.2) is 0 Å². The molecular weight excluding hydrogens is 261 g/mol. The molecule has 0 aliphatic carbocycles. The molecular formula is AsN3O9. The first kappa shape index (κ1) is 22.5. The van der Waals surface area contributed by atoms with Gasteiger partial charge < -0.3 is 46.0 Å². The molecule has 0 spiro atoms. The van der Waals surface area contributed by atoms with Crippen LogP contribution in [0.1, 0.15) is 0 Å². The Balaban J connectivity index is -0.0000000450. The Morgan fingerprint density at radius 2 is 0.538 bits per heavy atom. The van der Waals surface area contributed by atoms with Crippen molar-refractivity contribution in [3.63, 3.8) is 0 Å². The molecule has 0 aliphatic rings. The van der Waals surface area contributed by atoms with Gasteiger partial charge in [0, 0.05) is 0 Å². The predicted octanol–water partition coefficient (Wildman–Crippen LogP) is -1.10. The van der Waals surface area contributed by atoms with Gasteiger partial charge in [-0.2, -0.15) is 0 Å². The summed E-state index contributed by atoms with van der Waals surface area (Å²) < 4.78 is 0. The van der Waals surface area contributed by atoms with Gasteiger partial charge in [0.15, 0.2) is 0 Å². The van der Waals surface area contributed by atoms with Crippen molar-refractivity contribution in [2.24, 2.45) is 0 Å². The maximum Gasteiger partial charge on any atom is 3.00 e. The molecule has 0 bridgehead atoms. The van der Waals surface area contributed by atoms with Gasteiger partial charge in [0.05, 0.1) is 15.3 Å². The Hall–Kier alpha value is -1.84. The molecule has 0 saturated carbocycles. The van der Waals surface area contributed by atoms with Gasteiger partial charge in [-0.3, -0.25) is 0 Å². The Bertz CT molecular complexity index is 112. The van der Waals surface area contributed by atoms with E-state index in [2.05, 4.69) is 0 Å². The van der Waals surface area contributed by atoms with Crippen molar-refractivity contribution < 1.29 is 15.3 Å². The first-order valence-electron chi connectivity index (χ1n) is 1.64. The first-order valence-corrected chi connectivity index (χ1v) is 1.64. The van der Waals surface area contributed by atoms with E-state index >= 15 is 0 Å². The zero-order chi connectivity index (χ0) is 10.7. The molecule has 0 rings (SSSR count). The molecule has 13 heavy (non-hydrogen) atoms. The quantitative estimate of drug-likeness (QED) is 0.294. The zero-order valence-corrected chi connectivity index (χ0v) is 7.34. The van der Waals surface area contributed by atoms with E-state index < -0.39 is 15.3 Å². The van der Waals surface area contributed by atoms with Gasteiger partial charge in [-0.15, -0.1) is 0 Å². The molecule has 0 aromatic heterocycles. The van der Waals surface area contributed by atoms with Crippen LogP contribution in [-0.4, -0.2) is 33.2 Å². The molecule has 0 amide bonds. The monoisotopic (exact) mass is 261 g/mol. The smallest absolute Gasteiger partial charge is 0.356 e. The molecule has 0 unspecified atom stereocenters. The van der Waals surface area contributed by atoms with Crippen molar-refractivity contribution in [1.29, 1.82) is 0 Å². The largest absolute Gasteiger partial charge is 3.00 e. The standard InChI is InChI=1S/As.3NO3/c;3*2-1(3)4/q+3;3*-1. The summed E-state index contributed by atoms with van der Waals surface area (Å²) >= 11 is 0. The van der Waals surface area contributed by atoms with Gasteiger partial charge in [-0.25, -0.2) is 0 Å². The average molecular weight is 261 g/mol. The molecule has 0 fully saturated rings. The van der Waals surface area contributed by atoms with Crippen LogP contribution in [0.25, 0.3) is 0 Å². The zero-order valence-electron chi connectivity index (χ0n) is 5.46. The molecule has 74 valence electrons. The summed E-state index contributed by atoms with van der Waals surface area (Å²) in [7, 11) is 0. The Morgan fingerprint density at radius 1 is 0.538 bits per heavy atom. The Labute approximate surface area is 80.0 Å². The molecule has 0 aromatic rings. The van der Waals surface area contributed by atoms with Crippen LogP contribution in [0.5, 0.6) is 0 Å². The van der Waals surface area contributed by atoms with Crippen LogP contribution in [0, 0.1) is 46.0 Å². The number of hydrogen-bond donors (Lipinski definition) is 0. The minimum absolute atomic E-state index is 0. The normalized spacial score (nSPS) is 5.54. The molecule has 0 atom stereocenters. The second-order valence-electron chi connectivity index (χ2n) is 0.671. The SMILES string of the molecule is O=[N+]([O-])[O-].O=[N+]([O-])[O-].O=[N+]([O-])[O-].[As+3]. The minimum Gasteiger partial charge on any atom is -0.356 e. The van der Waals surface area contributed by atoms with Gasteiger partial charge in [0.25, 0.3) is 0 Å². The minimum atomic E-state index is -1.75. The molecule has 0 heterocycles. The van der Waals surface area contributed by atoms with Crippen molar-refractivity contribution in [3.8, 4) is 0 Å². The van der Waals surface area contributed by atoms with Crippen LogP contribution < -0.4 is 0 Å². The molecule has 0 saturated heterocycles. The van der Waals surface area contributed by atoms with Gasteiger partial charge >= 0.3 is 18.0 Å². The molecule has 13 heteroatoms. The van der Waals surface area contributed by atoms with E-state index in [1.165, 1.54) is 0 Å². The van der Waals surface area contributed by atoms with Crippen molar-refractivity contribution in [3.05, 3.63) is 46.0 Å².